The van der Waals surface area contributed by atoms with E-state index in [2.05, 4.69) is 10.4 Å². The maximum Gasteiger partial charge on any atom is 0.435 e. The van der Waals surface area contributed by atoms with Crippen molar-refractivity contribution in [3.8, 4) is 0 Å². The first-order valence-electron chi connectivity index (χ1n) is 5.40. The summed E-state index contributed by atoms with van der Waals surface area (Å²) in [5.74, 6) is 0. The Balaban J connectivity index is 2.32. The molecule has 0 radical (unpaired) electrons. The third kappa shape index (κ3) is 2.07. The average molecular weight is 233 g/mol. The maximum absolute atomic E-state index is 12.5. The van der Waals surface area contributed by atoms with Crippen molar-refractivity contribution in [2.45, 2.75) is 38.5 Å². The van der Waals surface area contributed by atoms with Crippen molar-refractivity contribution in [3.05, 3.63) is 17.5 Å². The van der Waals surface area contributed by atoms with Crippen molar-refractivity contribution < 1.29 is 13.2 Å². The molecular formula is C10H14F3N3. The SMILES string of the molecule is CCn1nc(C(F)(F)F)cc1C1CCCN1. The zero-order chi connectivity index (χ0) is 11.8. The third-order valence-electron chi connectivity index (χ3n) is 2.82. The smallest absolute Gasteiger partial charge is 0.309 e. The Morgan fingerprint density at radius 1 is 1.56 bits per heavy atom. The van der Waals surface area contributed by atoms with E-state index in [1.54, 1.807) is 6.92 Å². The molecule has 0 aliphatic carbocycles. The zero-order valence-corrected chi connectivity index (χ0v) is 9.01. The van der Waals surface area contributed by atoms with Gasteiger partial charge in [0.1, 0.15) is 0 Å². The topological polar surface area (TPSA) is 29.9 Å². The Hall–Kier alpha value is -1.04. The standard InChI is InChI=1S/C10H14F3N3/c1-2-16-8(7-4-3-5-14-7)6-9(15-16)10(11,12)13/h6-7,14H,2-5H2,1H3. The highest BCUT2D eigenvalue weighted by molar-refractivity contribution is 5.17. The van der Waals surface area contributed by atoms with E-state index in [-0.39, 0.29) is 6.04 Å². The molecule has 3 nitrogen and oxygen atoms in total. The van der Waals surface area contributed by atoms with Crippen molar-refractivity contribution in [1.82, 2.24) is 15.1 Å². The summed E-state index contributed by atoms with van der Waals surface area (Å²) in [5.41, 5.74) is -0.148. The quantitative estimate of drug-likeness (QED) is 0.849. The van der Waals surface area contributed by atoms with Crippen LogP contribution in [0.5, 0.6) is 0 Å². The molecule has 1 unspecified atom stereocenters. The Morgan fingerprint density at radius 2 is 2.31 bits per heavy atom. The van der Waals surface area contributed by atoms with Crippen LogP contribution >= 0.6 is 0 Å². The van der Waals surface area contributed by atoms with Gasteiger partial charge in [0.2, 0.25) is 0 Å². The maximum atomic E-state index is 12.5. The van der Waals surface area contributed by atoms with Crippen LogP contribution in [0.2, 0.25) is 0 Å². The highest BCUT2D eigenvalue weighted by Gasteiger charge is 2.36. The molecule has 0 saturated carbocycles. The van der Waals surface area contributed by atoms with Gasteiger partial charge in [-0.1, -0.05) is 0 Å². The second-order valence-electron chi connectivity index (χ2n) is 3.92. The van der Waals surface area contributed by atoms with Gasteiger partial charge in [-0.15, -0.1) is 0 Å². The van der Waals surface area contributed by atoms with Gasteiger partial charge in [-0.25, -0.2) is 0 Å². The number of nitrogens with zero attached hydrogens (tertiary/aromatic N) is 2. The number of hydrogen-bond acceptors (Lipinski definition) is 2. The van der Waals surface area contributed by atoms with E-state index >= 15 is 0 Å². The van der Waals surface area contributed by atoms with Gasteiger partial charge in [0.05, 0.1) is 5.69 Å². The Labute approximate surface area is 91.6 Å². The molecule has 16 heavy (non-hydrogen) atoms. The lowest BCUT2D eigenvalue weighted by Crippen LogP contribution is -2.17. The molecule has 0 amide bonds. The molecule has 1 aliphatic rings. The van der Waals surface area contributed by atoms with Crippen LogP contribution in [-0.2, 0) is 12.7 Å². The van der Waals surface area contributed by atoms with Crippen LogP contribution < -0.4 is 5.32 Å². The van der Waals surface area contributed by atoms with E-state index in [4.69, 9.17) is 0 Å². The molecule has 1 aromatic heterocycles. The molecule has 2 heterocycles. The van der Waals surface area contributed by atoms with Crippen LogP contribution in [0.4, 0.5) is 13.2 Å². The van der Waals surface area contributed by atoms with Gasteiger partial charge in [0, 0.05) is 12.6 Å². The first kappa shape index (κ1) is 11.4. The van der Waals surface area contributed by atoms with Crippen LogP contribution in [0.3, 0.4) is 0 Å². The summed E-state index contributed by atoms with van der Waals surface area (Å²) in [4.78, 5) is 0. The molecule has 1 fully saturated rings. The first-order valence-corrected chi connectivity index (χ1v) is 5.40. The summed E-state index contributed by atoms with van der Waals surface area (Å²) in [6.45, 7) is 3.12. The first-order chi connectivity index (χ1) is 7.52. The van der Waals surface area contributed by atoms with Gasteiger partial charge in [-0.05, 0) is 32.4 Å². The third-order valence-corrected chi connectivity index (χ3v) is 2.82. The van der Waals surface area contributed by atoms with Crippen LogP contribution in [0, 0.1) is 0 Å². The van der Waals surface area contributed by atoms with E-state index in [1.165, 1.54) is 4.68 Å². The van der Waals surface area contributed by atoms with E-state index in [0.717, 1.165) is 25.5 Å². The minimum absolute atomic E-state index is 0.0172. The fourth-order valence-electron chi connectivity index (χ4n) is 2.04. The number of aryl methyl sites for hydroxylation is 1. The van der Waals surface area contributed by atoms with Crippen molar-refractivity contribution in [1.29, 1.82) is 0 Å². The summed E-state index contributed by atoms with van der Waals surface area (Å²) in [6, 6.07) is 1.18. The number of rotatable bonds is 2. The normalized spacial score (nSPS) is 21.6. The van der Waals surface area contributed by atoms with Crippen molar-refractivity contribution in [2.75, 3.05) is 6.54 Å². The Kier molecular flexibility index (Phi) is 2.92. The molecule has 1 aromatic rings. The lowest BCUT2D eigenvalue weighted by atomic mass is 10.1. The van der Waals surface area contributed by atoms with E-state index in [9.17, 15) is 13.2 Å². The molecule has 1 saturated heterocycles. The number of nitrogens with one attached hydrogen (secondary N) is 1. The van der Waals surface area contributed by atoms with Crippen molar-refractivity contribution >= 4 is 0 Å². The number of aromatic nitrogens is 2. The largest absolute Gasteiger partial charge is 0.435 e. The van der Waals surface area contributed by atoms with Crippen molar-refractivity contribution in [2.24, 2.45) is 0 Å². The van der Waals surface area contributed by atoms with Gasteiger partial charge in [-0.3, -0.25) is 4.68 Å². The van der Waals surface area contributed by atoms with E-state index < -0.39 is 11.9 Å². The number of alkyl halides is 3. The van der Waals surface area contributed by atoms with Crippen LogP contribution in [-0.4, -0.2) is 16.3 Å². The van der Waals surface area contributed by atoms with Gasteiger partial charge < -0.3 is 5.32 Å². The van der Waals surface area contributed by atoms with Gasteiger partial charge in [0.25, 0.3) is 0 Å². The van der Waals surface area contributed by atoms with Crippen LogP contribution in [0.25, 0.3) is 0 Å². The van der Waals surface area contributed by atoms with E-state index in [0.29, 0.717) is 12.2 Å². The van der Waals surface area contributed by atoms with Crippen molar-refractivity contribution in [3.63, 3.8) is 0 Å². The predicted molar refractivity (Wildman–Crippen MR) is 52.9 cm³/mol. The molecule has 6 heteroatoms. The minimum atomic E-state index is -4.35. The zero-order valence-electron chi connectivity index (χ0n) is 9.01. The highest BCUT2D eigenvalue weighted by Crippen LogP contribution is 2.31. The molecular weight excluding hydrogens is 219 g/mol. The summed E-state index contributed by atoms with van der Waals surface area (Å²) in [7, 11) is 0. The van der Waals surface area contributed by atoms with Gasteiger partial charge in [0.15, 0.2) is 5.69 Å². The van der Waals surface area contributed by atoms with E-state index in [1.807, 2.05) is 0 Å². The molecule has 1 atom stereocenters. The summed E-state index contributed by atoms with van der Waals surface area (Å²) in [5, 5.41) is 6.78. The van der Waals surface area contributed by atoms with Gasteiger partial charge >= 0.3 is 6.18 Å². The summed E-state index contributed by atoms with van der Waals surface area (Å²) >= 11 is 0. The fraction of sp³-hybridized carbons (Fsp3) is 0.700. The molecule has 0 aromatic carbocycles. The molecule has 2 rings (SSSR count). The lowest BCUT2D eigenvalue weighted by molar-refractivity contribution is -0.141. The molecule has 0 bridgehead atoms. The molecule has 90 valence electrons. The minimum Gasteiger partial charge on any atom is -0.309 e. The highest BCUT2D eigenvalue weighted by atomic mass is 19.4. The predicted octanol–water partition coefficient (Wildman–Crippen LogP) is 2.35. The monoisotopic (exact) mass is 233 g/mol. The Bertz CT molecular complexity index is 364. The van der Waals surface area contributed by atoms with Crippen LogP contribution in [0.1, 0.15) is 37.2 Å². The number of halogens is 3. The van der Waals surface area contributed by atoms with Crippen LogP contribution in [0.15, 0.2) is 6.07 Å². The van der Waals surface area contributed by atoms with Gasteiger partial charge in [-0.2, -0.15) is 18.3 Å². The molecule has 1 N–H and O–H groups in total. The lowest BCUT2D eigenvalue weighted by Gasteiger charge is -2.11. The second-order valence-corrected chi connectivity index (χ2v) is 3.92. The summed E-state index contributed by atoms with van der Waals surface area (Å²) in [6.07, 6.45) is -2.47. The Morgan fingerprint density at radius 3 is 2.81 bits per heavy atom. The number of hydrogen-bond donors (Lipinski definition) is 1. The average Bonchev–Trinajstić information content (AvgIpc) is 2.85. The molecule has 1 aliphatic heterocycles. The molecule has 0 spiro atoms. The fourth-order valence-corrected chi connectivity index (χ4v) is 2.04. The second kappa shape index (κ2) is 4.08. The summed E-state index contributed by atoms with van der Waals surface area (Å²) < 4.78 is 39.0.